The maximum atomic E-state index is 11.3. The number of likely N-dealkylation sites (N-methyl/N-ethyl adjacent to an activating group) is 1. The average Bonchev–Trinajstić information content (AvgIpc) is 2.15. The van der Waals surface area contributed by atoms with Crippen molar-refractivity contribution < 1.29 is 9.90 Å². The second kappa shape index (κ2) is 4.40. The maximum absolute atomic E-state index is 11.3. The second-order valence-corrected chi connectivity index (χ2v) is 5.17. The molecule has 1 rings (SSSR count). The fourth-order valence-corrected chi connectivity index (χ4v) is 2.12. The maximum Gasteiger partial charge on any atom is 0.328 e. The molecule has 94 valence electrons. The van der Waals surface area contributed by atoms with Crippen LogP contribution in [0.1, 0.15) is 30.5 Å². The number of nitrogens with zero attached hydrogens (tertiary/aromatic N) is 1. The molecule has 0 aliphatic rings. The number of hydrogen-bond acceptors (Lipinski definition) is 2. The van der Waals surface area contributed by atoms with E-state index >= 15 is 0 Å². The van der Waals surface area contributed by atoms with Crippen LogP contribution in [-0.4, -0.2) is 23.7 Å². The number of rotatable bonds is 3. The standard InChI is InChI=1S/C14H21NO2/c1-9-7-10(2)12(11(3)8-9)15(6)14(4,5)13(16)17/h7-8H,1-6H3,(H,16,17). The molecule has 0 saturated carbocycles. The van der Waals surface area contributed by atoms with Gasteiger partial charge in [0.1, 0.15) is 5.54 Å². The van der Waals surface area contributed by atoms with Crippen molar-refractivity contribution in [2.45, 2.75) is 40.2 Å². The molecule has 0 atom stereocenters. The third-order valence-corrected chi connectivity index (χ3v) is 3.33. The van der Waals surface area contributed by atoms with Gasteiger partial charge in [0.2, 0.25) is 0 Å². The number of anilines is 1. The van der Waals surface area contributed by atoms with Crippen molar-refractivity contribution in [3.63, 3.8) is 0 Å². The lowest BCUT2D eigenvalue weighted by atomic mass is 9.98. The van der Waals surface area contributed by atoms with Gasteiger partial charge in [0.25, 0.3) is 0 Å². The van der Waals surface area contributed by atoms with Crippen LogP contribution in [0, 0.1) is 20.8 Å². The highest BCUT2D eigenvalue weighted by Crippen LogP contribution is 2.30. The van der Waals surface area contributed by atoms with Crippen LogP contribution in [0.25, 0.3) is 0 Å². The smallest absolute Gasteiger partial charge is 0.328 e. The van der Waals surface area contributed by atoms with E-state index in [1.165, 1.54) is 5.56 Å². The van der Waals surface area contributed by atoms with Crippen LogP contribution in [0.15, 0.2) is 12.1 Å². The third-order valence-electron chi connectivity index (χ3n) is 3.33. The minimum atomic E-state index is -0.912. The number of aryl methyl sites for hydroxylation is 3. The van der Waals surface area contributed by atoms with Crippen LogP contribution in [0.5, 0.6) is 0 Å². The fraction of sp³-hybridized carbons (Fsp3) is 0.500. The van der Waals surface area contributed by atoms with Gasteiger partial charge in [-0.1, -0.05) is 17.7 Å². The number of carboxylic acid groups (broad SMARTS) is 1. The summed E-state index contributed by atoms with van der Waals surface area (Å²) in [5.74, 6) is -0.820. The predicted octanol–water partition coefficient (Wildman–Crippen LogP) is 2.91. The van der Waals surface area contributed by atoms with Crippen LogP contribution >= 0.6 is 0 Å². The first kappa shape index (κ1) is 13.6. The van der Waals surface area contributed by atoms with E-state index < -0.39 is 11.5 Å². The molecule has 0 amide bonds. The minimum absolute atomic E-state index is 0.820. The Morgan fingerprint density at radius 2 is 1.59 bits per heavy atom. The zero-order chi connectivity index (χ0) is 13.4. The fourth-order valence-electron chi connectivity index (χ4n) is 2.12. The number of hydrogen-bond donors (Lipinski definition) is 1. The predicted molar refractivity (Wildman–Crippen MR) is 70.8 cm³/mol. The van der Waals surface area contributed by atoms with E-state index in [4.69, 9.17) is 0 Å². The highest BCUT2D eigenvalue weighted by molar-refractivity contribution is 5.83. The van der Waals surface area contributed by atoms with Gasteiger partial charge in [0.15, 0.2) is 0 Å². The molecule has 0 aromatic heterocycles. The Morgan fingerprint density at radius 1 is 1.18 bits per heavy atom. The van der Waals surface area contributed by atoms with Gasteiger partial charge in [0.05, 0.1) is 0 Å². The summed E-state index contributed by atoms with van der Waals surface area (Å²) >= 11 is 0. The lowest BCUT2D eigenvalue weighted by molar-refractivity contribution is -0.142. The zero-order valence-electron chi connectivity index (χ0n) is 11.5. The molecule has 3 nitrogen and oxygen atoms in total. The number of carboxylic acids is 1. The summed E-state index contributed by atoms with van der Waals surface area (Å²) in [7, 11) is 1.83. The minimum Gasteiger partial charge on any atom is -0.480 e. The van der Waals surface area contributed by atoms with Crippen molar-refractivity contribution in [2.24, 2.45) is 0 Å². The molecular weight excluding hydrogens is 214 g/mol. The molecule has 0 spiro atoms. The molecule has 0 aliphatic carbocycles. The zero-order valence-corrected chi connectivity index (χ0v) is 11.5. The molecule has 0 saturated heterocycles. The van der Waals surface area contributed by atoms with E-state index in [-0.39, 0.29) is 0 Å². The van der Waals surface area contributed by atoms with E-state index in [0.29, 0.717) is 0 Å². The summed E-state index contributed by atoms with van der Waals surface area (Å²) in [6.07, 6.45) is 0. The monoisotopic (exact) mass is 235 g/mol. The molecule has 1 aromatic carbocycles. The lowest BCUT2D eigenvalue weighted by Gasteiger charge is -2.35. The van der Waals surface area contributed by atoms with Crippen molar-refractivity contribution in [3.05, 3.63) is 28.8 Å². The van der Waals surface area contributed by atoms with Gasteiger partial charge in [0, 0.05) is 12.7 Å². The van der Waals surface area contributed by atoms with Gasteiger partial charge in [-0.3, -0.25) is 0 Å². The van der Waals surface area contributed by atoms with E-state index in [9.17, 15) is 9.90 Å². The second-order valence-electron chi connectivity index (χ2n) is 5.17. The van der Waals surface area contributed by atoms with E-state index in [0.717, 1.165) is 16.8 Å². The quantitative estimate of drug-likeness (QED) is 0.875. The van der Waals surface area contributed by atoms with Crippen molar-refractivity contribution in [2.75, 3.05) is 11.9 Å². The summed E-state index contributed by atoms with van der Waals surface area (Å²) in [5.41, 5.74) is 3.51. The molecule has 3 heteroatoms. The normalized spacial score (nSPS) is 11.4. The molecule has 0 aliphatic heterocycles. The molecule has 17 heavy (non-hydrogen) atoms. The first-order valence-electron chi connectivity index (χ1n) is 5.73. The molecule has 0 bridgehead atoms. The molecule has 0 radical (unpaired) electrons. The molecule has 1 aromatic rings. The number of aliphatic carboxylic acids is 1. The first-order chi connectivity index (χ1) is 7.67. The summed E-state index contributed by atoms with van der Waals surface area (Å²) in [6, 6.07) is 4.16. The van der Waals surface area contributed by atoms with E-state index in [2.05, 4.69) is 12.1 Å². The van der Waals surface area contributed by atoms with Gasteiger partial charge in [-0.05, 0) is 45.7 Å². The highest BCUT2D eigenvalue weighted by Gasteiger charge is 2.33. The largest absolute Gasteiger partial charge is 0.480 e. The SMILES string of the molecule is Cc1cc(C)c(N(C)C(C)(C)C(=O)O)c(C)c1. The Labute approximate surface area is 103 Å². The molecule has 0 heterocycles. The lowest BCUT2D eigenvalue weighted by Crippen LogP contribution is -2.48. The van der Waals surface area contributed by atoms with Crippen LogP contribution in [-0.2, 0) is 4.79 Å². The number of benzene rings is 1. The number of carbonyl (C=O) groups is 1. The molecule has 0 fully saturated rings. The van der Waals surface area contributed by atoms with Gasteiger partial charge >= 0.3 is 5.97 Å². The van der Waals surface area contributed by atoms with Gasteiger partial charge < -0.3 is 10.0 Å². The van der Waals surface area contributed by atoms with Crippen molar-refractivity contribution >= 4 is 11.7 Å². The van der Waals surface area contributed by atoms with Crippen LogP contribution < -0.4 is 4.90 Å². The van der Waals surface area contributed by atoms with Crippen LogP contribution in [0.4, 0.5) is 5.69 Å². The summed E-state index contributed by atoms with van der Waals surface area (Å²) < 4.78 is 0. The Morgan fingerprint density at radius 3 is 1.94 bits per heavy atom. The molecule has 1 N–H and O–H groups in total. The summed E-state index contributed by atoms with van der Waals surface area (Å²) in [4.78, 5) is 13.1. The van der Waals surface area contributed by atoms with Gasteiger partial charge in [-0.15, -0.1) is 0 Å². The Hall–Kier alpha value is -1.51. The first-order valence-corrected chi connectivity index (χ1v) is 5.73. The highest BCUT2D eigenvalue weighted by atomic mass is 16.4. The van der Waals surface area contributed by atoms with Gasteiger partial charge in [-0.2, -0.15) is 0 Å². The van der Waals surface area contributed by atoms with Crippen molar-refractivity contribution in [3.8, 4) is 0 Å². The Kier molecular flexibility index (Phi) is 3.51. The summed E-state index contributed by atoms with van der Waals surface area (Å²) in [6.45, 7) is 9.52. The van der Waals surface area contributed by atoms with Crippen molar-refractivity contribution in [1.29, 1.82) is 0 Å². The van der Waals surface area contributed by atoms with Crippen LogP contribution in [0.2, 0.25) is 0 Å². The van der Waals surface area contributed by atoms with Gasteiger partial charge in [-0.25, -0.2) is 4.79 Å². The molecule has 0 unspecified atom stereocenters. The Balaban J connectivity index is 3.31. The Bertz CT molecular complexity index is 427. The van der Waals surface area contributed by atoms with E-state index in [1.807, 2.05) is 32.7 Å². The van der Waals surface area contributed by atoms with Crippen molar-refractivity contribution in [1.82, 2.24) is 0 Å². The average molecular weight is 235 g/mol. The topological polar surface area (TPSA) is 40.5 Å². The third kappa shape index (κ3) is 2.43. The van der Waals surface area contributed by atoms with E-state index in [1.54, 1.807) is 13.8 Å². The molecular formula is C14H21NO2. The summed E-state index contributed by atoms with van der Waals surface area (Å²) in [5, 5.41) is 9.27. The van der Waals surface area contributed by atoms with Crippen LogP contribution in [0.3, 0.4) is 0 Å².